The second-order valence-corrected chi connectivity index (χ2v) is 13.0. The summed E-state index contributed by atoms with van der Waals surface area (Å²) in [5.41, 5.74) is 12.3. The molecule has 1 aliphatic heterocycles. The molecule has 5 N–H and O–H groups in total. The number of aliphatic carboxylic acids is 1. The number of amidine groups is 1. The minimum atomic E-state index is -1.67. The van der Waals surface area contributed by atoms with E-state index in [1.165, 1.54) is 0 Å². The van der Waals surface area contributed by atoms with Gasteiger partial charge in [0.1, 0.15) is 0 Å². The first-order chi connectivity index (χ1) is 17.0. The molecule has 1 aromatic carbocycles. The van der Waals surface area contributed by atoms with E-state index in [2.05, 4.69) is 29.5 Å². The number of aryl methyl sites for hydroxylation is 2. The van der Waals surface area contributed by atoms with Crippen LogP contribution in [0.1, 0.15) is 50.2 Å². The van der Waals surface area contributed by atoms with Gasteiger partial charge in [0.25, 0.3) is 0 Å². The number of carbonyl (C=O) groups excluding carboxylic acids is 1. The van der Waals surface area contributed by atoms with Gasteiger partial charge in [0.15, 0.2) is 10.9 Å². The lowest BCUT2D eigenvalue weighted by Crippen LogP contribution is -2.37. The van der Waals surface area contributed by atoms with Crippen LogP contribution in [0.2, 0.25) is 0 Å². The molecule has 10 heteroatoms. The van der Waals surface area contributed by atoms with E-state index in [1.54, 1.807) is 5.41 Å². The van der Waals surface area contributed by atoms with Crippen LogP contribution in [0.25, 0.3) is 11.1 Å². The van der Waals surface area contributed by atoms with Crippen LogP contribution in [-0.4, -0.2) is 38.8 Å². The zero-order chi connectivity index (χ0) is 26.6. The molecule has 0 bridgehead atoms. The number of nitrogens with one attached hydrogen (secondary N) is 2. The number of amides is 2. The second kappa shape index (κ2) is 12.6. The third kappa shape index (κ3) is 6.52. The third-order valence-corrected chi connectivity index (χ3v) is 10.1. The summed E-state index contributed by atoms with van der Waals surface area (Å²) in [7, 11) is -1.67. The van der Waals surface area contributed by atoms with Crippen molar-refractivity contribution in [1.29, 1.82) is 0 Å². The van der Waals surface area contributed by atoms with Gasteiger partial charge in [-0.1, -0.05) is 57.5 Å². The second-order valence-electron chi connectivity index (χ2n) is 9.37. The Labute approximate surface area is 227 Å². The van der Waals surface area contributed by atoms with Gasteiger partial charge in [-0.2, -0.15) is 10.0 Å². The zero-order valence-electron chi connectivity index (χ0n) is 22.3. The monoisotopic (exact) mass is 547 g/mol. The molecule has 0 fully saturated rings. The van der Waals surface area contributed by atoms with Crippen molar-refractivity contribution in [3.8, 4) is 11.1 Å². The van der Waals surface area contributed by atoms with E-state index in [-0.39, 0.29) is 24.6 Å². The van der Waals surface area contributed by atoms with E-state index in [1.807, 2.05) is 52.0 Å². The summed E-state index contributed by atoms with van der Waals surface area (Å²) in [6.45, 7) is 12.4. The van der Waals surface area contributed by atoms with Crippen LogP contribution in [0.4, 0.5) is 10.5 Å². The summed E-state index contributed by atoms with van der Waals surface area (Å²) in [5, 5.41) is 17.5. The predicted molar refractivity (Wildman–Crippen MR) is 157 cm³/mol. The zero-order valence-corrected chi connectivity index (χ0v) is 24.0. The first-order valence-electron chi connectivity index (χ1n) is 12.2. The lowest BCUT2D eigenvalue weighted by molar-refractivity contribution is -0.132. The summed E-state index contributed by atoms with van der Waals surface area (Å²) < 4.78 is 0. The Balaban J connectivity index is 0.00000481. The van der Waals surface area contributed by atoms with Crippen molar-refractivity contribution in [3.63, 3.8) is 0 Å². The number of rotatable bonds is 8. The average molecular weight is 548 g/mol. The molecule has 0 radical (unpaired) electrons. The van der Waals surface area contributed by atoms with E-state index >= 15 is 0 Å². The van der Waals surface area contributed by atoms with E-state index in [0.717, 1.165) is 34.4 Å². The summed E-state index contributed by atoms with van der Waals surface area (Å²) in [6, 6.07) is 7.64. The Bertz CT molecular complexity index is 1220. The molecule has 2 amide bonds. The predicted octanol–water partition coefficient (Wildman–Crippen LogP) is 5.71. The van der Waals surface area contributed by atoms with Crippen molar-refractivity contribution in [2.24, 2.45) is 16.6 Å². The molecular formula is C27H38ClN5O3S. The van der Waals surface area contributed by atoms with E-state index in [0.29, 0.717) is 34.0 Å². The number of aliphatic imine (C=N–C) groups is 1. The SMILES string of the molecule is CCS1(CC)C=C(C(=O)O)N=C1NC(=O)Nc1c(C)nc(CC(C)C)c(CN)c1-c1ccc(C)cc1.Cl. The van der Waals surface area contributed by atoms with E-state index in [9.17, 15) is 14.7 Å². The van der Waals surface area contributed by atoms with Gasteiger partial charge in [0.05, 0.1) is 11.4 Å². The fraction of sp³-hybridized carbons (Fsp3) is 0.407. The fourth-order valence-corrected chi connectivity index (χ4v) is 6.94. The first kappa shape index (κ1) is 30.3. The highest BCUT2D eigenvalue weighted by Crippen LogP contribution is 2.54. The quantitative estimate of drug-likeness (QED) is 0.336. The average Bonchev–Trinajstić information content (AvgIpc) is 3.19. The number of aromatic nitrogens is 1. The largest absolute Gasteiger partial charge is 0.476 e. The van der Waals surface area contributed by atoms with Crippen LogP contribution in [-0.2, 0) is 17.8 Å². The summed E-state index contributed by atoms with van der Waals surface area (Å²) in [6.07, 6.45) is 0.776. The van der Waals surface area contributed by atoms with E-state index in [4.69, 9.17) is 10.7 Å². The van der Waals surface area contributed by atoms with Crippen LogP contribution in [0, 0.1) is 19.8 Å². The molecule has 0 saturated carbocycles. The van der Waals surface area contributed by atoms with Crippen molar-refractivity contribution < 1.29 is 14.7 Å². The van der Waals surface area contributed by atoms with Gasteiger partial charge in [-0.15, -0.1) is 12.4 Å². The number of hydrogen-bond acceptors (Lipinski definition) is 5. The van der Waals surface area contributed by atoms with Crippen molar-refractivity contribution in [2.45, 2.75) is 54.5 Å². The van der Waals surface area contributed by atoms with Gasteiger partial charge in [0, 0.05) is 17.8 Å². The molecular weight excluding hydrogens is 510 g/mol. The van der Waals surface area contributed by atoms with Gasteiger partial charge in [-0.05, 0) is 54.2 Å². The van der Waals surface area contributed by atoms with E-state index < -0.39 is 22.0 Å². The molecule has 0 unspecified atom stereocenters. The Hall–Kier alpha value is -2.88. The number of urea groups is 1. The standard InChI is InChI=1S/C27H37N5O3S.ClH/c1-7-36(8-2)15-22(25(33)34)30-27(36)32-26(35)31-24-18(6)29-21(13-16(3)4)20(14-28)23(24)19-11-9-17(5)10-12-19;/h9-12,15-16H,7-8,13-14,28H2,1-6H3,(H,33,34)(H2,30,31,32,35);1H. The highest BCUT2D eigenvalue weighted by atomic mass is 35.5. The van der Waals surface area contributed by atoms with Crippen molar-refractivity contribution in [2.75, 3.05) is 16.8 Å². The van der Waals surface area contributed by atoms with Gasteiger partial charge in [-0.3, -0.25) is 10.3 Å². The number of carboxylic acids is 1. The lowest BCUT2D eigenvalue weighted by Gasteiger charge is -2.32. The number of anilines is 1. The summed E-state index contributed by atoms with van der Waals surface area (Å²) >= 11 is 0. The number of carboxylic acid groups (broad SMARTS) is 1. The summed E-state index contributed by atoms with van der Waals surface area (Å²) in [4.78, 5) is 34.0. The number of halogens is 1. The van der Waals surface area contributed by atoms with Crippen LogP contribution in [0.5, 0.6) is 0 Å². The normalized spacial score (nSPS) is 14.9. The van der Waals surface area contributed by atoms with Gasteiger partial charge in [-0.25, -0.2) is 14.6 Å². The molecule has 202 valence electrons. The highest BCUT2D eigenvalue weighted by Gasteiger charge is 2.34. The Kier molecular flexibility index (Phi) is 10.3. The van der Waals surface area contributed by atoms with Crippen LogP contribution >= 0.6 is 22.4 Å². The maximum atomic E-state index is 13.3. The molecule has 0 aliphatic carbocycles. The number of nitrogens with zero attached hydrogens (tertiary/aromatic N) is 2. The third-order valence-electron chi connectivity index (χ3n) is 6.36. The van der Waals surface area contributed by atoms with Crippen molar-refractivity contribution in [1.82, 2.24) is 10.3 Å². The molecule has 3 rings (SSSR count). The van der Waals surface area contributed by atoms with Crippen LogP contribution in [0.3, 0.4) is 0 Å². The minimum Gasteiger partial charge on any atom is -0.476 e. The number of benzene rings is 1. The number of nitrogens with two attached hydrogens (primary N) is 1. The molecule has 8 nitrogen and oxygen atoms in total. The van der Waals surface area contributed by atoms with Gasteiger partial charge in [0.2, 0.25) is 0 Å². The Morgan fingerprint density at radius 2 is 1.70 bits per heavy atom. The van der Waals surface area contributed by atoms with Crippen molar-refractivity contribution >= 4 is 45.3 Å². The maximum absolute atomic E-state index is 13.3. The molecule has 0 spiro atoms. The molecule has 2 heterocycles. The first-order valence-corrected chi connectivity index (χ1v) is 14.3. The number of carbonyl (C=O) groups is 2. The van der Waals surface area contributed by atoms with Gasteiger partial charge < -0.3 is 16.2 Å². The molecule has 1 aromatic heterocycles. The van der Waals surface area contributed by atoms with Crippen LogP contribution in [0.15, 0.2) is 40.4 Å². The lowest BCUT2D eigenvalue weighted by atomic mass is 9.92. The fourth-order valence-electron chi connectivity index (χ4n) is 4.38. The van der Waals surface area contributed by atoms with Crippen LogP contribution < -0.4 is 16.4 Å². The number of pyridine rings is 1. The number of hydrogen-bond donors (Lipinski definition) is 4. The Morgan fingerprint density at radius 1 is 1.08 bits per heavy atom. The molecule has 2 aromatic rings. The highest BCUT2D eigenvalue weighted by molar-refractivity contribution is 8.47. The maximum Gasteiger partial charge on any atom is 0.355 e. The Morgan fingerprint density at radius 3 is 2.22 bits per heavy atom. The smallest absolute Gasteiger partial charge is 0.355 e. The minimum absolute atomic E-state index is 0. The molecule has 1 aliphatic rings. The molecule has 0 saturated heterocycles. The molecule has 0 atom stereocenters. The van der Waals surface area contributed by atoms with Crippen molar-refractivity contribution in [3.05, 3.63) is 57.9 Å². The topological polar surface area (TPSA) is 130 Å². The van der Waals surface area contributed by atoms with Gasteiger partial charge >= 0.3 is 12.0 Å². The molecule has 37 heavy (non-hydrogen) atoms. The summed E-state index contributed by atoms with van der Waals surface area (Å²) in [5.74, 6) is 0.678.